The maximum absolute atomic E-state index is 12.5. The van der Waals surface area contributed by atoms with E-state index in [2.05, 4.69) is 10.3 Å². The molecule has 1 amide bonds. The van der Waals surface area contributed by atoms with E-state index in [9.17, 15) is 26.4 Å². The zero-order valence-electron chi connectivity index (χ0n) is 17.1. The Balaban J connectivity index is 1.76. The van der Waals surface area contributed by atoms with Gasteiger partial charge in [-0.25, -0.2) is 4.79 Å². The molecule has 1 aromatic carbocycles. The molecule has 3 rings (SSSR count). The third-order valence-corrected chi connectivity index (χ3v) is 5.50. The van der Waals surface area contributed by atoms with Crippen molar-refractivity contribution in [1.82, 2.24) is 9.55 Å². The van der Waals surface area contributed by atoms with Crippen LogP contribution in [0.3, 0.4) is 0 Å². The topological polar surface area (TPSA) is 160 Å². The van der Waals surface area contributed by atoms with Crippen LogP contribution in [-0.4, -0.2) is 63.6 Å². The molecule has 1 aliphatic rings. The number of ether oxygens (including phenoxy) is 1. The Morgan fingerprint density at radius 1 is 1.16 bits per heavy atom. The summed E-state index contributed by atoms with van der Waals surface area (Å²) >= 11 is 0. The number of carbonyl (C=O) groups excluding carboxylic acids is 1. The van der Waals surface area contributed by atoms with Crippen molar-refractivity contribution in [3.05, 3.63) is 58.6 Å². The summed E-state index contributed by atoms with van der Waals surface area (Å²) in [5, 5.41) is 2.51. The summed E-state index contributed by atoms with van der Waals surface area (Å²) in [5.41, 5.74) is -0.393. The molecule has 174 valence electrons. The minimum Gasteiger partial charge on any atom is -0.349 e. The van der Waals surface area contributed by atoms with Gasteiger partial charge >= 0.3 is 5.69 Å². The summed E-state index contributed by atoms with van der Waals surface area (Å²) in [7, 11) is -7.71. The maximum Gasteiger partial charge on any atom is 0.351 e. The number of hydrogen-bond donors (Lipinski definition) is 1. The van der Waals surface area contributed by atoms with Crippen molar-refractivity contribution in [1.29, 1.82) is 0 Å². The lowest BCUT2D eigenvalue weighted by Gasteiger charge is -2.17. The predicted molar refractivity (Wildman–Crippen MR) is 112 cm³/mol. The van der Waals surface area contributed by atoms with Crippen LogP contribution in [0.4, 0.5) is 5.82 Å². The average Bonchev–Trinajstić information content (AvgIpc) is 3.07. The maximum atomic E-state index is 12.5. The lowest BCUT2D eigenvalue weighted by molar-refractivity contribution is -0.0351. The molecule has 0 saturated carbocycles. The molecule has 32 heavy (non-hydrogen) atoms. The van der Waals surface area contributed by atoms with Crippen molar-refractivity contribution >= 4 is 32.0 Å². The van der Waals surface area contributed by atoms with Crippen LogP contribution in [-0.2, 0) is 33.3 Å². The molecule has 0 radical (unpaired) electrons. The SMILES string of the molecule is CS(=O)(=O)OCC1OC(n2ccc(NC(=O)c3ccccc3)nc2=O)CC1OS(C)(=O)=O. The minimum atomic E-state index is -3.89. The highest BCUT2D eigenvalue weighted by Crippen LogP contribution is 2.31. The van der Waals surface area contributed by atoms with Gasteiger partial charge in [-0.15, -0.1) is 0 Å². The Kier molecular flexibility index (Phi) is 7.09. The van der Waals surface area contributed by atoms with Crippen LogP contribution in [0.15, 0.2) is 47.4 Å². The van der Waals surface area contributed by atoms with Gasteiger partial charge in [-0.3, -0.25) is 17.7 Å². The van der Waals surface area contributed by atoms with E-state index in [1.165, 1.54) is 12.3 Å². The van der Waals surface area contributed by atoms with Crippen LogP contribution in [0.1, 0.15) is 23.0 Å². The van der Waals surface area contributed by atoms with Crippen molar-refractivity contribution in [2.45, 2.75) is 24.9 Å². The number of carbonyl (C=O) groups is 1. The zero-order valence-corrected chi connectivity index (χ0v) is 18.7. The van der Waals surface area contributed by atoms with Gasteiger partial charge in [-0.05, 0) is 18.2 Å². The summed E-state index contributed by atoms with van der Waals surface area (Å²) in [5.74, 6) is -0.439. The molecule has 3 atom stereocenters. The van der Waals surface area contributed by atoms with E-state index in [1.54, 1.807) is 30.3 Å². The number of nitrogens with zero attached hydrogens (tertiary/aromatic N) is 2. The normalized spacial score (nSPS) is 21.4. The molecule has 14 heteroatoms. The smallest absolute Gasteiger partial charge is 0.349 e. The van der Waals surface area contributed by atoms with Gasteiger partial charge in [0.2, 0.25) is 0 Å². The fraction of sp³-hybridized carbons (Fsp3) is 0.389. The highest BCUT2D eigenvalue weighted by atomic mass is 32.2. The highest BCUT2D eigenvalue weighted by molar-refractivity contribution is 7.86. The molecule has 12 nitrogen and oxygen atoms in total. The molecule has 3 unspecified atom stereocenters. The molecule has 0 aliphatic carbocycles. The second-order valence-electron chi connectivity index (χ2n) is 7.02. The van der Waals surface area contributed by atoms with Crippen LogP contribution in [0, 0.1) is 0 Å². The first kappa shape index (κ1) is 24.0. The quantitative estimate of drug-likeness (QED) is 0.506. The van der Waals surface area contributed by atoms with Gasteiger partial charge in [-0.2, -0.15) is 21.8 Å². The van der Waals surface area contributed by atoms with Crippen molar-refractivity contribution in [3.8, 4) is 0 Å². The lowest BCUT2D eigenvalue weighted by atomic mass is 10.2. The molecule has 1 aliphatic heterocycles. The minimum absolute atomic E-state index is 0.0130. The predicted octanol–water partition coefficient (Wildman–Crippen LogP) is 0.104. The van der Waals surface area contributed by atoms with Crippen molar-refractivity contribution < 1.29 is 34.7 Å². The molecule has 0 bridgehead atoms. The molecule has 0 spiro atoms. The highest BCUT2D eigenvalue weighted by Gasteiger charge is 2.40. The molecular formula is C18H21N3O9S2. The molecule has 1 N–H and O–H groups in total. The van der Waals surface area contributed by atoms with Gasteiger partial charge in [0.05, 0.1) is 19.1 Å². The number of hydrogen-bond acceptors (Lipinski definition) is 10. The zero-order chi connectivity index (χ0) is 23.5. The molecule has 1 aromatic heterocycles. The number of anilines is 1. The van der Waals surface area contributed by atoms with Gasteiger partial charge in [0.15, 0.2) is 0 Å². The van der Waals surface area contributed by atoms with Gasteiger partial charge in [0.1, 0.15) is 24.3 Å². The monoisotopic (exact) mass is 487 g/mol. The van der Waals surface area contributed by atoms with E-state index in [0.29, 0.717) is 5.56 Å². The molecule has 2 heterocycles. The number of amides is 1. The number of nitrogens with one attached hydrogen (secondary N) is 1. The van der Waals surface area contributed by atoms with Gasteiger partial charge in [-0.1, -0.05) is 18.2 Å². The first-order valence-corrected chi connectivity index (χ1v) is 12.9. The summed E-state index contributed by atoms with van der Waals surface area (Å²) < 4.78 is 62.0. The van der Waals surface area contributed by atoms with Crippen LogP contribution in [0.2, 0.25) is 0 Å². The number of rotatable bonds is 8. The standard InChI is InChI=1S/C18H21N3O9S2/c1-31(24,25)28-11-14-13(30-32(2,26)27)10-16(29-14)21-9-8-15(20-18(21)23)19-17(22)12-6-4-3-5-7-12/h3-9,13-14,16H,10-11H2,1-2H3,(H,19,20,22,23). The fourth-order valence-corrected chi connectivity index (χ4v) is 4.05. The first-order valence-electron chi connectivity index (χ1n) is 9.25. The van der Waals surface area contributed by atoms with E-state index in [0.717, 1.165) is 17.1 Å². The van der Waals surface area contributed by atoms with Gasteiger partial charge in [0.25, 0.3) is 26.1 Å². The third-order valence-electron chi connectivity index (χ3n) is 4.34. The largest absolute Gasteiger partial charge is 0.351 e. The number of aromatic nitrogens is 2. The fourth-order valence-electron chi connectivity index (χ4n) is 3.02. The van der Waals surface area contributed by atoms with E-state index in [1.807, 2.05) is 0 Å². The van der Waals surface area contributed by atoms with E-state index in [4.69, 9.17) is 13.1 Å². The Morgan fingerprint density at radius 3 is 2.44 bits per heavy atom. The first-order chi connectivity index (χ1) is 14.9. The van der Waals surface area contributed by atoms with Crippen LogP contribution in [0.25, 0.3) is 0 Å². The lowest BCUT2D eigenvalue weighted by Crippen LogP contribution is -2.31. The van der Waals surface area contributed by atoms with Crippen LogP contribution in [0.5, 0.6) is 0 Å². The Hall–Kier alpha value is -2.65. The number of benzene rings is 1. The average molecular weight is 488 g/mol. The summed E-state index contributed by atoms with van der Waals surface area (Å²) in [4.78, 5) is 28.5. The summed E-state index contributed by atoms with van der Waals surface area (Å²) in [6.45, 7) is -0.497. The molecule has 2 aromatic rings. The Bertz CT molecular complexity index is 1240. The molecule has 1 fully saturated rings. The van der Waals surface area contributed by atoms with Crippen LogP contribution >= 0.6 is 0 Å². The van der Waals surface area contributed by atoms with E-state index < -0.39 is 56.9 Å². The van der Waals surface area contributed by atoms with Crippen molar-refractivity contribution in [3.63, 3.8) is 0 Å². The van der Waals surface area contributed by atoms with E-state index in [-0.39, 0.29) is 12.2 Å². The molecular weight excluding hydrogens is 466 g/mol. The second kappa shape index (κ2) is 9.46. The van der Waals surface area contributed by atoms with Crippen molar-refractivity contribution in [2.24, 2.45) is 0 Å². The summed E-state index contributed by atoms with van der Waals surface area (Å²) in [6.07, 6.45) is -0.237. The third kappa shape index (κ3) is 6.67. The second-order valence-corrected chi connectivity index (χ2v) is 10.3. The van der Waals surface area contributed by atoms with Gasteiger partial charge in [0, 0.05) is 18.2 Å². The summed E-state index contributed by atoms with van der Waals surface area (Å²) in [6, 6.07) is 9.71. The Labute approximate surface area is 184 Å². The molecule has 1 saturated heterocycles. The van der Waals surface area contributed by atoms with E-state index >= 15 is 0 Å². The Morgan fingerprint density at radius 2 is 1.84 bits per heavy atom. The van der Waals surface area contributed by atoms with Crippen LogP contribution < -0.4 is 11.0 Å². The van der Waals surface area contributed by atoms with Gasteiger partial charge < -0.3 is 10.1 Å². The van der Waals surface area contributed by atoms with Crippen molar-refractivity contribution in [2.75, 3.05) is 24.4 Å².